The number of hydrogen-bond acceptors (Lipinski definition) is 4. The molecule has 1 aliphatic rings. The Morgan fingerprint density at radius 3 is 2.65 bits per heavy atom. The molecule has 1 aromatic heterocycles. The fourth-order valence-electron chi connectivity index (χ4n) is 2.26. The second-order valence-electron chi connectivity index (χ2n) is 5.25. The molecule has 110 valence electrons. The first-order valence-electron chi connectivity index (χ1n) is 6.74. The van der Waals surface area contributed by atoms with Crippen molar-refractivity contribution in [3.8, 4) is 0 Å². The molecule has 7 nitrogen and oxygen atoms in total. The molecule has 0 spiro atoms. The highest BCUT2D eigenvalue weighted by Crippen LogP contribution is 2.11. The van der Waals surface area contributed by atoms with Crippen molar-refractivity contribution in [3.05, 3.63) is 18.0 Å². The molecule has 0 bridgehead atoms. The number of nitrogens with zero attached hydrogens (tertiary/aromatic N) is 3. The maximum atomic E-state index is 12.1. The van der Waals surface area contributed by atoms with Crippen molar-refractivity contribution in [1.29, 1.82) is 0 Å². The molecule has 0 aliphatic carbocycles. The molecule has 0 radical (unpaired) electrons. The van der Waals surface area contributed by atoms with Gasteiger partial charge < -0.3 is 15.3 Å². The normalized spacial score (nSPS) is 18.7. The van der Waals surface area contributed by atoms with E-state index >= 15 is 0 Å². The van der Waals surface area contributed by atoms with Crippen molar-refractivity contribution < 1.29 is 14.7 Å². The van der Waals surface area contributed by atoms with Gasteiger partial charge in [-0.2, -0.15) is 5.10 Å². The molecule has 1 unspecified atom stereocenters. The number of nitrogens with one attached hydrogen (secondary N) is 1. The number of carbonyl (C=O) groups is 2. The van der Waals surface area contributed by atoms with Gasteiger partial charge in [-0.3, -0.25) is 9.48 Å². The second kappa shape index (κ2) is 6.04. The summed E-state index contributed by atoms with van der Waals surface area (Å²) in [6.07, 6.45) is 3.39. The maximum absolute atomic E-state index is 12.1. The van der Waals surface area contributed by atoms with Crippen LogP contribution in [0, 0.1) is 0 Å². The second-order valence-corrected chi connectivity index (χ2v) is 5.25. The Labute approximate surface area is 117 Å². The van der Waals surface area contributed by atoms with Gasteiger partial charge in [-0.25, -0.2) is 4.79 Å². The zero-order valence-corrected chi connectivity index (χ0v) is 11.7. The zero-order valence-electron chi connectivity index (χ0n) is 11.7. The van der Waals surface area contributed by atoms with Gasteiger partial charge in [-0.1, -0.05) is 0 Å². The van der Waals surface area contributed by atoms with Gasteiger partial charge in [0.2, 0.25) is 5.91 Å². The topological polar surface area (TPSA) is 87.5 Å². The van der Waals surface area contributed by atoms with Gasteiger partial charge in [0.15, 0.2) is 5.69 Å². The highest BCUT2D eigenvalue weighted by atomic mass is 16.4. The third-order valence-corrected chi connectivity index (χ3v) is 3.67. The van der Waals surface area contributed by atoms with Crippen molar-refractivity contribution in [3.63, 3.8) is 0 Å². The van der Waals surface area contributed by atoms with Crippen LogP contribution in [0.3, 0.4) is 0 Å². The Bertz CT molecular complexity index is 492. The van der Waals surface area contributed by atoms with Gasteiger partial charge in [0.1, 0.15) is 6.04 Å². The van der Waals surface area contributed by atoms with Crippen LogP contribution in [0.4, 0.5) is 0 Å². The smallest absolute Gasteiger partial charge is 0.356 e. The minimum Gasteiger partial charge on any atom is -0.476 e. The van der Waals surface area contributed by atoms with E-state index in [4.69, 9.17) is 5.11 Å². The monoisotopic (exact) mass is 280 g/mol. The Morgan fingerprint density at radius 1 is 1.45 bits per heavy atom. The molecule has 7 heteroatoms. The molecule has 1 saturated heterocycles. The largest absolute Gasteiger partial charge is 0.476 e. The number of likely N-dealkylation sites (tertiary alicyclic amines) is 1. The molecule has 0 saturated carbocycles. The number of piperidine rings is 1. The van der Waals surface area contributed by atoms with E-state index in [9.17, 15) is 9.59 Å². The molecule has 1 fully saturated rings. The molecular formula is C13H20N4O3. The standard InChI is InChI=1S/C13H20N4O3/c1-9(17-8-5-11(15-17)13(19)20)12(18)14-10-3-6-16(2)7-4-10/h5,8-10H,3-4,6-7H2,1-2H3,(H,14,18)(H,19,20). The minimum absolute atomic E-state index is 0.0519. The first-order valence-corrected chi connectivity index (χ1v) is 6.74. The van der Waals surface area contributed by atoms with Crippen LogP contribution in [0.15, 0.2) is 12.3 Å². The van der Waals surface area contributed by atoms with Crippen LogP contribution in [-0.2, 0) is 4.79 Å². The van der Waals surface area contributed by atoms with Gasteiger partial charge >= 0.3 is 5.97 Å². The van der Waals surface area contributed by atoms with Crippen LogP contribution >= 0.6 is 0 Å². The van der Waals surface area contributed by atoms with Crippen LogP contribution in [0.25, 0.3) is 0 Å². The highest BCUT2D eigenvalue weighted by molar-refractivity contribution is 5.85. The van der Waals surface area contributed by atoms with E-state index in [-0.39, 0.29) is 17.6 Å². The fraction of sp³-hybridized carbons (Fsp3) is 0.615. The summed E-state index contributed by atoms with van der Waals surface area (Å²) in [7, 11) is 2.07. The number of aromatic carboxylic acids is 1. The number of rotatable bonds is 4. The summed E-state index contributed by atoms with van der Waals surface area (Å²) in [5.41, 5.74) is -0.0519. The number of carbonyl (C=O) groups excluding carboxylic acids is 1. The van der Waals surface area contributed by atoms with Gasteiger partial charge in [0, 0.05) is 12.2 Å². The summed E-state index contributed by atoms with van der Waals surface area (Å²) in [4.78, 5) is 25.1. The van der Waals surface area contributed by atoms with E-state index in [1.165, 1.54) is 16.9 Å². The molecule has 1 aromatic rings. The number of hydrogen-bond donors (Lipinski definition) is 2. The van der Waals surface area contributed by atoms with E-state index in [0.29, 0.717) is 0 Å². The molecule has 1 amide bonds. The summed E-state index contributed by atoms with van der Waals surface area (Å²) in [6.45, 7) is 3.66. The molecule has 0 aromatic carbocycles. The van der Waals surface area contributed by atoms with Gasteiger partial charge in [0.25, 0.3) is 0 Å². The quantitative estimate of drug-likeness (QED) is 0.831. The van der Waals surface area contributed by atoms with Gasteiger partial charge in [0.05, 0.1) is 0 Å². The fourth-order valence-corrected chi connectivity index (χ4v) is 2.26. The molecule has 1 aliphatic heterocycles. The molecule has 1 atom stereocenters. The number of carboxylic acid groups (broad SMARTS) is 1. The van der Waals surface area contributed by atoms with Crippen LogP contribution in [0.2, 0.25) is 0 Å². The van der Waals surface area contributed by atoms with Crippen LogP contribution < -0.4 is 5.32 Å². The maximum Gasteiger partial charge on any atom is 0.356 e. The lowest BCUT2D eigenvalue weighted by Crippen LogP contribution is -2.45. The third-order valence-electron chi connectivity index (χ3n) is 3.67. The SMILES string of the molecule is CC(C(=O)NC1CCN(C)CC1)n1ccc(C(=O)O)n1. The Hall–Kier alpha value is -1.89. The van der Waals surface area contributed by atoms with E-state index in [2.05, 4.69) is 22.4 Å². The molecule has 2 N–H and O–H groups in total. The zero-order chi connectivity index (χ0) is 14.7. The first-order chi connectivity index (χ1) is 9.47. The van der Waals surface area contributed by atoms with Crippen molar-refractivity contribution in [2.45, 2.75) is 31.8 Å². The summed E-state index contributed by atoms with van der Waals surface area (Å²) in [6, 6.07) is 1.07. The van der Waals surface area contributed by atoms with E-state index in [1.54, 1.807) is 6.92 Å². The lowest BCUT2D eigenvalue weighted by atomic mass is 10.1. The first kappa shape index (κ1) is 14.5. The third kappa shape index (κ3) is 3.36. The van der Waals surface area contributed by atoms with E-state index in [1.807, 2.05) is 0 Å². The average Bonchev–Trinajstić information content (AvgIpc) is 2.90. The van der Waals surface area contributed by atoms with E-state index in [0.717, 1.165) is 25.9 Å². The lowest BCUT2D eigenvalue weighted by Gasteiger charge is -2.30. The number of aromatic nitrogens is 2. The molecular weight excluding hydrogens is 260 g/mol. The Balaban J connectivity index is 1.92. The number of carboxylic acids is 1. The Kier molecular flexibility index (Phi) is 4.39. The van der Waals surface area contributed by atoms with Crippen LogP contribution in [0.1, 0.15) is 36.3 Å². The van der Waals surface area contributed by atoms with Crippen molar-refractivity contribution in [2.75, 3.05) is 20.1 Å². The predicted molar refractivity (Wildman–Crippen MR) is 72.6 cm³/mol. The summed E-state index contributed by atoms with van der Waals surface area (Å²) < 4.78 is 1.38. The minimum atomic E-state index is -1.09. The molecule has 2 rings (SSSR count). The lowest BCUT2D eigenvalue weighted by molar-refractivity contribution is -0.125. The highest BCUT2D eigenvalue weighted by Gasteiger charge is 2.23. The summed E-state index contributed by atoms with van der Waals surface area (Å²) >= 11 is 0. The summed E-state index contributed by atoms with van der Waals surface area (Å²) in [5.74, 6) is -1.22. The van der Waals surface area contributed by atoms with E-state index < -0.39 is 12.0 Å². The van der Waals surface area contributed by atoms with Crippen molar-refractivity contribution in [1.82, 2.24) is 20.0 Å². The Morgan fingerprint density at radius 2 is 2.10 bits per heavy atom. The summed E-state index contributed by atoms with van der Waals surface area (Å²) in [5, 5.41) is 15.7. The average molecular weight is 280 g/mol. The van der Waals surface area contributed by atoms with Crippen molar-refractivity contribution in [2.24, 2.45) is 0 Å². The van der Waals surface area contributed by atoms with Gasteiger partial charge in [-0.05, 0) is 46.0 Å². The molecule has 20 heavy (non-hydrogen) atoms. The molecule has 2 heterocycles. The van der Waals surface area contributed by atoms with Crippen LogP contribution in [-0.4, -0.2) is 57.8 Å². The van der Waals surface area contributed by atoms with Crippen molar-refractivity contribution >= 4 is 11.9 Å². The predicted octanol–water partition coefficient (Wildman–Crippen LogP) is 0.353. The number of amides is 1. The van der Waals surface area contributed by atoms with Gasteiger partial charge in [-0.15, -0.1) is 0 Å². The van der Waals surface area contributed by atoms with Crippen LogP contribution in [0.5, 0.6) is 0 Å².